The van der Waals surface area contributed by atoms with Crippen molar-refractivity contribution in [1.29, 1.82) is 0 Å². The minimum atomic E-state index is -3.40. The lowest BCUT2D eigenvalue weighted by molar-refractivity contribution is -0.115. The van der Waals surface area contributed by atoms with Crippen molar-refractivity contribution < 1.29 is 13.2 Å². The standard InChI is InChI=1S/C24H24N6O3S/c1-15-4-7-21(29(2)34(3,32)33)18(10-15)14-30-9-8-16-13-25-24(28-23(16)30)26-19-5-6-20-17(11-19)12-22(31)27-20/h4-11,13H,12,14H2,1-3H3,(H,27,31)(H,25,26,28). The molecule has 2 aromatic carbocycles. The predicted octanol–water partition coefficient (Wildman–Crippen LogP) is 3.42. The van der Waals surface area contributed by atoms with Crippen LogP contribution in [-0.2, 0) is 27.8 Å². The van der Waals surface area contributed by atoms with E-state index in [1.807, 2.05) is 60.2 Å². The Balaban J connectivity index is 1.46. The van der Waals surface area contributed by atoms with Crippen molar-refractivity contribution in [3.63, 3.8) is 0 Å². The number of carbonyl (C=O) groups excluding carboxylic acids is 1. The number of amides is 1. The van der Waals surface area contributed by atoms with E-state index in [0.717, 1.165) is 39.1 Å². The number of aryl methyl sites for hydroxylation is 1. The first-order valence-corrected chi connectivity index (χ1v) is 12.6. The zero-order chi connectivity index (χ0) is 24.0. The van der Waals surface area contributed by atoms with Crippen molar-refractivity contribution in [3.05, 3.63) is 71.5 Å². The number of anilines is 4. The molecule has 5 rings (SSSR count). The molecular formula is C24H24N6O3S. The summed E-state index contributed by atoms with van der Waals surface area (Å²) in [4.78, 5) is 20.7. The van der Waals surface area contributed by atoms with Gasteiger partial charge in [0.25, 0.3) is 0 Å². The van der Waals surface area contributed by atoms with Gasteiger partial charge in [-0.15, -0.1) is 0 Å². The van der Waals surface area contributed by atoms with E-state index in [1.165, 1.54) is 10.6 Å². The molecule has 0 saturated heterocycles. The van der Waals surface area contributed by atoms with Gasteiger partial charge in [-0.2, -0.15) is 4.98 Å². The number of hydrogen-bond acceptors (Lipinski definition) is 6. The summed E-state index contributed by atoms with van der Waals surface area (Å²) >= 11 is 0. The van der Waals surface area contributed by atoms with Crippen LogP contribution in [0, 0.1) is 6.92 Å². The molecule has 4 aromatic rings. The first-order chi connectivity index (χ1) is 16.2. The van der Waals surface area contributed by atoms with Gasteiger partial charge < -0.3 is 15.2 Å². The van der Waals surface area contributed by atoms with Crippen LogP contribution in [0.1, 0.15) is 16.7 Å². The van der Waals surface area contributed by atoms with Crippen molar-refractivity contribution in [2.24, 2.45) is 0 Å². The molecular weight excluding hydrogens is 452 g/mol. The van der Waals surface area contributed by atoms with Gasteiger partial charge in [-0.05, 0) is 48.4 Å². The number of benzene rings is 2. The topological polar surface area (TPSA) is 109 Å². The Bertz CT molecular complexity index is 1540. The third-order valence-electron chi connectivity index (χ3n) is 5.90. The molecule has 1 amide bonds. The maximum absolute atomic E-state index is 12.2. The Labute approximate surface area is 197 Å². The first-order valence-electron chi connectivity index (χ1n) is 10.7. The smallest absolute Gasteiger partial charge is 0.232 e. The summed E-state index contributed by atoms with van der Waals surface area (Å²) in [7, 11) is -1.84. The van der Waals surface area contributed by atoms with Gasteiger partial charge >= 0.3 is 0 Å². The molecule has 9 nitrogen and oxygen atoms in total. The number of sulfonamides is 1. The molecule has 0 spiro atoms. The van der Waals surface area contributed by atoms with Gasteiger partial charge in [0.15, 0.2) is 0 Å². The Morgan fingerprint density at radius 1 is 1.18 bits per heavy atom. The Morgan fingerprint density at radius 2 is 2.00 bits per heavy atom. The van der Waals surface area contributed by atoms with E-state index >= 15 is 0 Å². The Morgan fingerprint density at radius 3 is 2.79 bits per heavy atom. The highest BCUT2D eigenvalue weighted by Gasteiger charge is 2.19. The minimum Gasteiger partial charge on any atom is -0.328 e. The van der Waals surface area contributed by atoms with Crippen LogP contribution in [0.3, 0.4) is 0 Å². The van der Waals surface area contributed by atoms with Gasteiger partial charge in [0.05, 0.1) is 24.9 Å². The monoisotopic (exact) mass is 476 g/mol. The van der Waals surface area contributed by atoms with E-state index in [1.54, 1.807) is 13.2 Å². The number of hydrogen-bond donors (Lipinski definition) is 2. The molecule has 174 valence electrons. The SMILES string of the molecule is Cc1ccc(N(C)S(C)(=O)=O)c(Cn2ccc3cnc(Nc4ccc5c(c4)CC(=O)N5)nc32)c1. The van der Waals surface area contributed by atoms with Gasteiger partial charge in [-0.3, -0.25) is 9.10 Å². The number of carbonyl (C=O) groups is 1. The largest absolute Gasteiger partial charge is 0.328 e. The average molecular weight is 477 g/mol. The normalized spacial score (nSPS) is 13.1. The summed E-state index contributed by atoms with van der Waals surface area (Å²) in [6, 6.07) is 13.3. The third-order valence-corrected chi connectivity index (χ3v) is 7.09. The van der Waals surface area contributed by atoms with Gasteiger partial charge in [-0.25, -0.2) is 13.4 Å². The van der Waals surface area contributed by atoms with Gasteiger partial charge in [0.1, 0.15) is 5.65 Å². The quantitative estimate of drug-likeness (QED) is 0.441. The Kier molecular flexibility index (Phi) is 5.24. The fourth-order valence-electron chi connectivity index (χ4n) is 4.10. The maximum Gasteiger partial charge on any atom is 0.232 e. The van der Waals surface area contributed by atoms with Crippen molar-refractivity contribution in [3.8, 4) is 0 Å². The van der Waals surface area contributed by atoms with Crippen LogP contribution >= 0.6 is 0 Å². The van der Waals surface area contributed by atoms with Crippen LogP contribution in [0.25, 0.3) is 11.0 Å². The van der Waals surface area contributed by atoms with Gasteiger partial charge in [0.2, 0.25) is 21.9 Å². The summed E-state index contributed by atoms with van der Waals surface area (Å²) < 4.78 is 27.6. The highest BCUT2D eigenvalue weighted by Crippen LogP contribution is 2.28. The number of nitrogens with zero attached hydrogens (tertiary/aromatic N) is 4. The highest BCUT2D eigenvalue weighted by atomic mass is 32.2. The first kappa shape index (κ1) is 21.9. The lowest BCUT2D eigenvalue weighted by atomic mass is 10.1. The van der Waals surface area contributed by atoms with E-state index in [-0.39, 0.29) is 5.91 Å². The third kappa shape index (κ3) is 4.19. The lowest BCUT2D eigenvalue weighted by Gasteiger charge is -2.21. The molecule has 3 heterocycles. The molecule has 10 heteroatoms. The van der Waals surface area contributed by atoms with Crippen LogP contribution in [0.4, 0.5) is 23.0 Å². The van der Waals surface area contributed by atoms with Gasteiger partial charge in [-0.1, -0.05) is 17.7 Å². The molecule has 0 atom stereocenters. The molecule has 0 bridgehead atoms. The van der Waals surface area contributed by atoms with Crippen molar-refractivity contribution >= 4 is 50.0 Å². The van der Waals surface area contributed by atoms with Crippen molar-refractivity contribution in [2.45, 2.75) is 19.9 Å². The van der Waals surface area contributed by atoms with Crippen LogP contribution in [0.15, 0.2) is 54.9 Å². The summed E-state index contributed by atoms with van der Waals surface area (Å²) in [5, 5.41) is 6.92. The molecule has 2 N–H and O–H groups in total. The Hall–Kier alpha value is -3.92. The molecule has 1 aliphatic rings. The summed E-state index contributed by atoms with van der Waals surface area (Å²) in [6.45, 7) is 2.43. The number of fused-ring (bicyclic) bond motifs is 2. The van der Waals surface area contributed by atoms with Crippen LogP contribution in [0.5, 0.6) is 0 Å². The molecule has 0 fully saturated rings. The van der Waals surface area contributed by atoms with E-state index in [0.29, 0.717) is 24.6 Å². The van der Waals surface area contributed by atoms with Crippen molar-refractivity contribution in [1.82, 2.24) is 14.5 Å². The predicted molar refractivity (Wildman–Crippen MR) is 133 cm³/mol. The van der Waals surface area contributed by atoms with E-state index < -0.39 is 10.0 Å². The molecule has 1 aliphatic heterocycles. The van der Waals surface area contributed by atoms with Gasteiger partial charge in [0, 0.05) is 36.2 Å². The minimum absolute atomic E-state index is 0.0142. The van der Waals surface area contributed by atoms with Crippen LogP contribution in [-0.4, -0.2) is 42.2 Å². The molecule has 0 saturated carbocycles. The summed E-state index contributed by atoms with van der Waals surface area (Å²) in [6.07, 6.45) is 5.22. The molecule has 0 radical (unpaired) electrons. The summed E-state index contributed by atoms with van der Waals surface area (Å²) in [5.74, 6) is 0.419. The molecule has 34 heavy (non-hydrogen) atoms. The second-order valence-corrected chi connectivity index (χ2v) is 10.5. The van der Waals surface area contributed by atoms with Crippen LogP contribution in [0.2, 0.25) is 0 Å². The second-order valence-electron chi connectivity index (χ2n) is 8.50. The molecule has 0 aliphatic carbocycles. The van der Waals surface area contributed by atoms with Crippen LogP contribution < -0.4 is 14.9 Å². The molecule has 2 aromatic heterocycles. The zero-order valence-corrected chi connectivity index (χ0v) is 19.8. The number of rotatable bonds is 6. The highest BCUT2D eigenvalue weighted by molar-refractivity contribution is 7.92. The number of aromatic nitrogens is 3. The van der Waals surface area contributed by atoms with E-state index in [2.05, 4.69) is 15.6 Å². The second kappa shape index (κ2) is 8.14. The maximum atomic E-state index is 12.2. The molecule has 0 unspecified atom stereocenters. The lowest BCUT2D eigenvalue weighted by Crippen LogP contribution is -2.26. The fourth-order valence-corrected chi connectivity index (χ4v) is 4.64. The fraction of sp³-hybridized carbons (Fsp3) is 0.208. The van der Waals surface area contributed by atoms with Crippen molar-refractivity contribution in [2.75, 3.05) is 28.2 Å². The van der Waals surface area contributed by atoms with E-state index in [4.69, 9.17) is 4.98 Å². The zero-order valence-electron chi connectivity index (χ0n) is 19.0. The average Bonchev–Trinajstić information content (AvgIpc) is 3.34. The van der Waals surface area contributed by atoms with E-state index in [9.17, 15) is 13.2 Å². The summed E-state index contributed by atoms with van der Waals surface area (Å²) in [5.41, 5.74) is 5.82. The number of nitrogens with one attached hydrogen (secondary N) is 2.